The molecule has 2 amide bonds. The topological polar surface area (TPSA) is 89.0 Å². The first-order valence-corrected chi connectivity index (χ1v) is 10.5. The molecule has 0 radical (unpaired) electrons. The molecule has 0 saturated carbocycles. The van der Waals surface area contributed by atoms with E-state index < -0.39 is 0 Å². The summed E-state index contributed by atoms with van der Waals surface area (Å²) in [6.07, 6.45) is 3.66. The fourth-order valence-corrected chi connectivity index (χ4v) is 2.97. The lowest BCUT2D eigenvalue weighted by atomic mass is 10.2. The molecule has 0 saturated heterocycles. The van der Waals surface area contributed by atoms with Crippen LogP contribution in [-0.2, 0) is 9.59 Å². The van der Waals surface area contributed by atoms with Crippen LogP contribution in [0, 0.1) is 0 Å². The van der Waals surface area contributed by atoms with Crippen molar-refractivity contribution in [1.29, 1.82) is 0 Å². The Hall–Kier alpha value is -2.87. The molecular formula is C22H26BrN3O4. The van der Waals surface area contributed by atoms with E-state index >= 15 is 0 Å². The molecule has 2 aromatic carbocycles. The molecule has 0 aliphatic carbocycles. The largest absolute Gasteiger partial charge is 0.495 e. The number of rotatable bonds is 11. The molecule has 0 aliphatic heterocycles. The lowest BCUT2D eigenvalue weighted by Crippen LogP contribution is -2.20. The fraction of sp³-hybridized carbons (Fsp3) is 0.318. The van der Waals surface area contributed by atoms with Crippen molar-refractivity contribution < 1.29 is 19.1 Å². The lowest BCUT2D eigenvalue weighted by molar-refractivity contribution is -0.124. The summed E-state index contributed by atoms with van der Waals surface area (Å²) < 4.78 is 11.7. The van der Waals surface area contributed by atoms with Gasteiger partial charge in [-0.15, -0.1) is 0 Å². The van der Waals surface area contributed by atoms with Gasteiger partial charge in [0.2, 0.25) is 11.8 Å². The van der Waals surface area contributed by atoms with Crippen molar-refractivity contribution in [2.45, 2.75) is 32.6 Å². The zero-order valence-corrected chi connectivity index (χ0v) is 18.7. The number of ether oxygens (including phenoxy) is 2. The number of hydrazone groups is 1. The molecule has 0 atom stereocenters. The molecule has 2 aromatic rings. The molecule has 7 nitrogen and oxygen atoms in total. The van der Waals surface area contributed by atoms with Crippen LogP contribution in [-0.4, -0.2) is 31.7 Å². The lowest BCUT2D eigenvalue weighted by Gasteiger charge is -2.09. The second kappa shape index (κ2) is 12.6. The third-order valence-corrected chi connectivity index (χ3v) is 4.69. The monoisotopic (exact) mass is 475 g/mol. The number of hydrogen-bond donors (Lipinski definition) is 2. The molecule has 0 spiro atoms. The number of para-hydroxylation sites is 2. The molecular weight excluding hydrogens is 450 g/mol. The van der Waals surface area contributed by atoms with E-state index in [1.807, 2.05) is 24.3 Å². The van der Waals surface area contributed by atoms with Crippen molar-refractivity contribution >= 4 is 39.6 Å². The summed E-state index contributed by atoms with van der Waals surface area (Å²) >= 11 is 3.47. The summed E-state index contributed by atoms with van der Waals surface area (Å²) in [5, 5.41) is 6.67. The van der Waals surface area contributed by atoms with Crippen LogP contribution >= 0.6 is 15.9 Å². The number of halogens is 1. The summed E-state index contributed by atoms with van der Waals surface area (Å²) in [6, 6.07) is 12.6. The maximum Gasteiger partial charge on any atom is 0.240 e. The van der Waals surface area contributed by atoms with Gasteiger partial charge in [-0.25, -0.2) is 5.43 Å². The number of nitrogens with one attached hydrogen (secondary N) is 2. The van der Waals surface area contributed by atoms with Crippen LogP contribution in [0.15, 0.2) is 52.0 Å². The van der Waals surface area contributed by atoms with E-state index in [2.05, 4.69) is 38.7 Å². The van der Waals surface area contributed by atoms with Crippen LogP contribution in [0.1, 0.15) is 38.2 Å². The predicted molar refractivity (Wildman–Crippen MR) is 121 cm³/mol. The molecule has 0 heterocycles. The third kappa shape index (κ3) is 7.87. The van der Waals surface area contributed by atoms with Crippen molar-refractivity contribution in [3.63, 3.8) is 0 Å². The van der Waals surface area contributed by atoms with E-state index in [1.54, 1.807) is 18.2 Å². The van der Waals surface area contributed by atoms with E-state index in [9.17, 15) is 9.59 Å². The van der Waals surface area contributed by atoms with E-state index in [0.717, 1.165) is 28.6 Å². The fourth-order valence-electron chi connectivity index (χ4n) is 2.46. The number of carbonyl (C=O) groups is 2. The molecule has 0 aliphatic rings. The van der Waals surface area contributed by atoms with Crippen LogP contribution in [0.25, 0.3) is 0 Å². The summed E-state index contributed by atoms with van der Waals surface area (Å²) in [6.45, 7) is 2.78. The number of nitrogens with zero attached hydrogens (tertiary/aromatic N) is 1. The number of carbonyl (C=O) groups excluding carboxylic acids is 2. The van der Waals surface area contributed by atoms with Gasteiger partial charge in [-0.3, -0.25) is 9.59 Å². The normalized spacial score (nSPS) is 10.6. The van der Waals surface area contributed by atoms with Gasteiger partial charge in [0.05, 0.1) is 30.1 Å². The smallest absolute Gasteiger partial charge is 0.240 e. The maximum absolute atomic E-state index is 12.0. The van der Waals surface area contributed by atoms with E-state index in [4.69, 9.17) is 9.47 Å². The number of methoxy groups -OCH3 is 1. The average Bonchev–Trinajstić information content (AvgIpc) is 2.74. The average molecular weight is 476 g/mol. The highest BCUT2D eigenvalue weighted by Gasteiger charge is 2.09. The highest BCUT2D eigenvalue weighted by Crippen LogP contribution is 2.26. The minimum absolute atomic E-state index is 0.0201. The van der Waals surface area contributed by atoms with Crippen LogP contribution in [0.2, 0.25) is 0 Å². The van der Waals surface area contributed by atoms with Crippen LogP contribution in [0.3, 0.4) is 0 Å². The Kier molecular flexibility index (Phi) is 9.86. The van der Waals surface area contributed by atoms with Gasteiger partial charge in [0, 0.05) is 12.8 Å². The number of anilines is 1. The van der Waals surface area contributed by atoms with Crippen molar-refractivity contribution in [1.82, 2.24) is 5.43 Å². The zero-order valence-electron chi connectivity index (χ0n) is 17.1. The molecule has 160 valence electrons. The summed E-state index contributed by atoms with van der Waals surface area (Å²) in [7, 11) is 1.53. The SMILES string of the molecule is CCCCOc1ccc(C=NNC(=O)CCC(=O)Nc2ccccc2OC)cc1Br. The van der Waals surface area contributed by atoms with Crippen LogP contribution in [0.5, 0.6) is 11.5 Å². The zero-order chi connectivity index (χ0) is 21.8. The maximum atomic E-state index is 12.0. The summed E-state index contributed by atoms with van der Waals surface area (Å²) in [5.74, 6) is 0.708. The molecule has 0 aromatic heterocycles. The van der Waals surface area contributed by atoms with Crippen molar-refractivity contribution in [2.24, 2.45) is 5.10 Å². The second-order valence-electron chi connectivity index (χ2n) is 6.43. The molecule has 2 rings (SSSR count). The Morgan fingerprint density at radius 3 is 2.60 bits per heavy atom. The minimum Gasteiger partial charge on any atom is -0.495 e. The first-order valence-electron chi connectivity index (χ1n) is 9.70. The van der Waals surface area contributed by atoms with E-state index in [1.165, 1.54) is 13.3 Å². The van der Waals surface area contributed by atoms with Crippen LogP contribution < -0.4 is 20.2 Å². The molecule has 0 bridgehead atoms. The van der Waals surface area contributed by atoms with Crippen molar-refractivity contribution in [3.05, 3.63) is 52.5 Å². The Bertz CT molecular complexity index is 886. The van der Waals surface area contributed by atoms with Gasteiger partial charge in [-0.05, 0) is 58.2 Å². The quantitative estimate of drug-likeness (QED) is 0.284. The number of hydrogen-bond acceptors (Lipinski definition) is 5. The second-order valence-corrected chi connectivity index (χ2v) is 7.29. The Balaban J connectivity index is 1.76. The molecule has 0 unspecified atom stereocenters. The van der Waals surface area contributed by atoms with Gasteiger partial charge in [-0.2, -0.15) is 5.10 Å². The first-order chi connectivity index (χ1) is 14.5. The highest BCUT2D eigenvalue weighted by molar-refractivity contribution is 9.10. The Morgan fingerprint density at radius 2 is 1.87 bits per heavy atom. The molecule has 8 heteroatoms. The number of unbranched alkanes of at least 4 members (excludes halogenated alkanes) is 1. The third-order valence-electron chi connectivity index (χ3n) is 4.07. The van der Waals surface area contributed by atoms with Crippen molar-refractivity contribution in [2.75, 3.05) is 19.0 Å². The van der Waals surface area contributed by atoms with Gasteiger partial charge in [0.15, 0.2) is 0 Å². The van der Waals surface area contributed by atoms with Gasteiger partial charge >= 0.3 is 0 Å². The van der Waals surface area contributed by atoms with Crippen LogP contribution in [0.4, 0.5) is 5.69 Å². The predicted octanol–water partition coefficient (Wildman–Crippen LogP) is 4.51. The van der Waals surface area contributed by atoms with E-state index in [-0.39, 0.29) is 24.7 Å². The highest BCUT2D eigenvalue weighted by atomic mass is 79.9. The van der Waals surface area contributed by atoms with Gasteiger partial charge < -0.3 is 14.8 Å². The molecule has 0 fully saturated rings. The van der Waals surface area contributed by atoms with Gasteiger partial charge in [0.1, 0.15) is 11.5 Å². The van der Waals surface area contributed by atoms with Gasteiger partial charge in [0.25, 0.3) is 0 Å². The Morgan fingerprint density at radius 1 is 1.10 bits per heavy atom. The first kappa shape index (κ1) is 23.4. The van der Waals surface area contributed by atoms with E-state index in [0.29, 0.717) is 18.0 Å². The summed E-state index contributed by atoms with van der Waals surface area (Å²) in [4.78, 5) is 24.0. The van der Waals surface area contributed by atoms with Crippen molar-refractivity contribution in [3.8, 4) is 11.5 Å². The van der Waals surface area contributed by atoms with Gasteiger partial charge in [-0.1, -0.05) is 25.5 Å². The molecule has 30 heavy (non-hydrogen) atoms. The Labute approximate surface area is 185 Å². The number of amides is 2. The molecule has 2 N–H and O–H groups in total. The standard InChI is InChI=1S/C22H26BrN3O4/c1-3-4-13-30-19-10-9-16(14-17(19)23)15-24-26-22(28)12-11-21(27)25-18-7-5-6-8-20(18)29-2/h5-10,14-15H,3-4,11-13H2,1-2H3,(H,25,27)(H,26,28). The minimum atomic E-state index is -0.347. The summed E-state index contributed by atoms with van der Waals surface area (Å²) in [5.41, 5.74) is 3.80. The number of benzene rings is 2.